The summed E-state index contributed by atoms with van der Waals surface area (Å²) in [6, 6.07) is 52.4. The van der Waals surface area contributed by atoms with Gasteiger partial charge in [-0.25, -0.2) is 9.97 Å². The third-order valence-corrected chi connectivity index (χ3v) is 8.89. The predicted octanol–water partition coefficient (Wildman–Crippen LogP) is 10.3. The molecule has 0 atom stereocenters. The van der Waals surface area contributed by atoms with Crippen molar-refractivity contribution in [2.75, 3.05) is 0 Å². The Morgan fingerprint density at radius 2 is 1.22 bits per heavy atom. The minimum atomic E-state index is 0. The molecule has 3 aromatic heterocycles. The van der Waals surface area contributed by atoms with Crippen molar-refractivity contribution in [1.82, 2.24) is 19.5 Å². The van der Waals surface area contributed by atoms with Gasteiger partial charge in [-0.15, -0.1) is 17.5 Å². The van der Waals surface area contributed by atoms with Crippen molar-refractivity contribution in [2.24, 2.45) is 0 Å². The van der Waals surface area contributed by atoms with E-state index in [9.17, 15) is 5.11 Å². The van der Waals surface area contributed by atoms with Crippen molar-refractivity contribution in [3.8, 4) is 56.5 Å². The standard InChI is InChI=1S/C43H27N4O.Pt/c48-39-21-7-15-30-22-23-31-24-25-37(45-41(31)40(30)39)38-27-47(43(46-38)35-18-9-20-36-34(35)19-10-26-44-36)42-32(28-11-3-1-4-12-28)16-8-17-33(42)29-13-5-2-6-14-29;/h1-18,20-27,48H;/q-1;. The first-order chi connectivity index (χ1) is 23.7. The van der Waals surface area contributed by atoms with Crippen molar-refractivity contribution < 1.29 is 26.2 Å². The van der Waals surface area contributed by atoms with Crippen LogP contribution in [0.25, 0.3) is 83.3 Å². The predicted molar refractivity (Wildman–Crippen MR) is 194 cm³/mol. The van der Waals surface area contributed by atoms with Crippen LogP contribution in [0.15, 0.2) is 158 Å². The summed E-state index contributed by atoms with van der Waals surface area (Å²) in [5.74, 6) is 0.958. The fourth-order valence-corrected chi connectivity index (χ4v) is 6.67. The maximum atomic E-state index is 10.9. The summed E-state index contributed by atoms with van der Waals surface area (Å²) in [5, 5.41) is 14.4. The van der Waals surface area contributed by atoms with E-state index in [-0.39, 0.29) is 26.8 Å². The number of phenolic OH excluding ortho intramolecular Hbond substituents is 1. The molecule has 0 saturated carbocycles. The summed E-state index contributed by atoms with van der Waals surface area (Å²) in [6.07, 6.45) is 3.85. The van der Waals surface area contributed by atoms with Crippen LogP contribution in [0.1, 0.15) is 0 Å². The fraction of sp³-hybridized carbons (Fsp3) is 0. The number of phenols is 1. The van der Waals surface area contributed by atoms with Crippen molar-refractivity contribution in [1.29, 1.82) is 0 Å². The van der Waals surface area contributed by atoms with E-state index in [4.69, 9.17) is 9.97 Å². The largest absolute Gasteiger partial charge is 0.507 e. The summed E-state index contributed by atoms with van der Waals surface area (Å²) >= 11 is 0. The van der Waals surface area contributed by atoms with Crippen molar-refractivity contribution >= 4 is 32.6 Å². The van der Waals surface area contributed by atoms with Gasteiger partial charge in [-0.1, -0.05) is 139 Å². The minimum absolute atomic E-state index is 0. The topological polar surface area (TPSA) is 63.8 Å². The van der Waals surface area contributed by atoms with Gasteiger partial charge in [0.2, 0.25) is 0 Å². The number of aromatic hydroxyl groups is 1. The number of hydrogen-bond donors (Lipinski definition) is 1. The molecule has 1 N–H and O–H groups in total. The van der Waals surface area contributed by atoms with Crippen LogP contribution in [-0.4, -0.2) is 24.6 Å². The number of imidazole rings is 1. The molecule has 0 unspecified atom stereocenters. The Bertz CT molecular complexity index is 2570. The zero-order chi connectivity index (χ0) is 32.0. The van der Waals surface area contributed by atoms with Crippen molar-refractivity contribution in [3.05, 3.63) is 164 Å². The van der Waals surface area contributed by atoms with Crippen LogP contribution in [-0.2, 0) is 21.1 Å². The molecule has 0 bridgehead atoms. The third-order valence-electron chi connectivity index (χ3n) is 8.89. The molecule has 0 saturated heterocycles. The second-order valence-electron chi connectivity index (χ2n) is 11.8. The van der Waals surface area contributed by atoms with Gasteiger partial charge in [-0.3, -0.25) is 0 Å². The van der Waals surface area contributed by atoms with Gasteiger partial charge >= 0.3 is 0 Å². The van der Waals surface area contributed by atoms with E-state index < -0.39 is 0 Å². The molecule has 0 spiro atoms. The minimum Gasteiger partial charge on any atom is -0.507 e. The zero-order valence-corrected chi connectivity index (χ0v) is 28.3. The molecule has 236 valence electrons. The zero-order valence-electron chi connectivity index (χ0n) is 26.1. The Morgan fingerprint density at radius 1 is 0.571 bits per heavy atom. The number of hydrogen-bond acceptors (Lipinski definition) is 4. The first-order valence-electron chi connectivity index (χ1n) is 15.8. The van der Waals surface area contributed by atoms with Gasteiger partial charge in [0.1, 0.15) is 17.3 Å². The Labute approximate surface area is 297 Å². The summed E-state index contributed by atoms with van der Waals surface area (Å²) < 4.78 is 2.20. The number of rotatable bonds is 5. The quantitative estimate of drug-likeness (QED) is 0.139. The van der Waals surface area contributed by atoms with E-state index in [0.29, 0.717) is 11.4 Å². The van der Waals surface area contributed by atoms with E-state index in [1.165, 1.54) is 0 Å². The van der Waals surface area contributed by atoms with Gasteiger partial charge in [0.15, 0.2) is 0 Å². The Kier molecular flexibility index (Phi) is 7.83. The van der Waals surface area contributed by atoms with Crippen LogP contribution in [0.5, 0.6) is 5.75 Å². The number of nitrogens with zero attached hydrogens (tertiary/aromatic N) is 4. The summed E-state index contributed by atoms with van der Waals surface area (Å²) in [7, 11) is 0. The van der Waals surface area contributed by atoms with Gasteiger partial charge in [-0.2, -0.15) is 0 Å². The number of benzene rings is 6. The average Bonchev–Trinajstić information content (AvgIpc) is 3.60. The Balaban J connectivity index is 0.00000348. The maximum Gasteiger partial charge on any atom is 0.125 e. The molecule has 9 aromatic rings. The number of para-hydroxylation sites is 1. The van der Waals surface area contributed by atoms with Gasteiger partial charge in [0.05, 0.1) is 16.9 Å². The fourth-order valence-electron chi connectivity index (χ4n) is 6.67. The van der Waals surface area contributed by atoms with E-state index >= 15 is 0 Å². The molecule has 0 aliphatic rings. The average molecular weight is 811 g/mol. The van der Waals surface area contributed by atoms with Gasteiger partial charge in [0.25, 0.3) is 0 Å². The monoisotopic (exact) mass is 810 g/mol. The van der Waals surface area contributed by atoms with Crippen LogP contribution in [0.4, 0.5) is 0 Å². The summed E-state index contributed by atoms with van der Waals surface area (Å²) in [4.78, 5) is 15.1. The number of fused-ring (bicyclic) bond motifs is 4. The summed E-state index contributed by atoms with van der Waals surface area (Å²) in [6.45, 7) is 0. The Hall–Kier alpha value is -5.90. The van der Waals surface area contributed by atoms with Crippen LogP contribution >= 0.6 is 0 Å². The maximum absolute atomic E-state index is 10.9. The van der Waals surface area contributed by atoms with Crippen LogP contribution in [0, 0.1) is 6.07 Å². The van der Waals surface area contributed by atoms with Gasteiger partial charge in [-0.05, 0) is 34.2 Å². The molecular weight excluding hydrogens is 784 g/mol. The first-order valence-corrected chi connectivity index (χ1v) is 15.8. The summed E-state index contributed by atoms with van der Waals surface area (Å²) in [5.41, 5.74) is 9.27. The Morgan fingerprint density at radius 3 is 1.98 bits per heavy atom. The van der Waals surface area contributed by atoms with E-state index in [1.807, 2.05) is 66.7 Å². The molecule has 6 aromatic carbocycles. The van der Waals surface area contributed by atoms with E-state index in [1.54, 1.807) is 12.3 Å². The first kappa shape index (κ1) is 30.4. The van der Waals surface area contributed by atoms with Gasteiger partial charge in [0, 0.05) is 49.2 Å². The number of pyridine rings is 2. The van der Waals surface area contributed by atoms with Gasteiger partial charge < -0.3 is 14.7 Å². The third kappa shape index (κ3) is 5.29. The normalized spacial score (nSPS) is 11.2. The van der Waals surface area contributed by atoms with E-state index in [2.05, 4.69) is 94.6 Å². The smallest absolute Gasteiger partial charge is 0.125 e. The molecule has 0 fully saturated rings. The van der Waals surface area contributed by atoms with Crippen LogP contribution in [0.3, 0.4) is 0 Å². The van der Waals surface area contributed by atoms with Crippen LogP contribution in [0.2, 0.25) is 0 Å². The second kappa shape index (κ2) is 12.6. The molecule has 9 rings (SSSR count). The molecule has 49 heavy (non-hydrogen) atoms. The number of aromatic nitrogens is 4. The molecule has 5 nitrogen and oxygen atoms in total. The second-order valence-corrected chi connectivity index (χ2v) is 11.8. The molecule has 0 amide bonds. The molecule has 0 aliphatic carbocycles. The van der Waals surface area contributed by atoms with Crippen LogP contribution < -0.4 is 0 Å². The molecule has 0 aliphatic heterocycles. The molecular formula is C43H27N4OPt-. The van der Waals surface area contributed by atoms with E-state index in [0.717, 1.165) is 71.9 Å². The molecule has 3 heterocycles. The SMILES string of the molecule is Oc1cccc2ccc3ccc(-c4cn(-c5c(-c6ccccc6)cccc5-c5ccccc5)c(-c5cccc6ncc[c-]c56)n4)nc3c12.[Pt]. The van der Waals surface area contributed by atoms with Crippen molar-refractivity contribution in [2.45, 2.75) is 0 Å². The molecule has 0 radical (unpaired) electrons. The molecule has 6 heteroatoms. The van der Waals surface area contributed by atoms with Crippen molar-refractivity contribution in [3.63, 3.8) is 0 Å².